The van der Waals surface area contributed by atoms with Crippen LogP contribution >= 0.6 is 0 Å². The van der Waals surface area contributed by atoms with Crippen molar-refractivity contribution in [3.8, 4) is 107 Å². The number of pyridine rings is 4. The lowest BCUT2D eigenvalue weighted by Crippen LogP contribution is -2.41. The van der Waals surface area contributed by atoms with Gasteiger partial charge in [-0.15, -0.1) is 0 Å². The first-order chi connectivity index (χ1) is 70.2. The molecule has 39 heteroatoms. The molecule has 18 aromatic rings. The number of carbonyl (C=O) groups is 5. The monoisotopic (exact) mass is 2030 g/mol. The molecule has 1 aliphatic heterocycles. The molecule has 7 aromatic carbocycles. The summed E-state index contributed by atoms with van der Waals surface area (Å²) in [5, 5.41) is 12.3. The predicted octanol–water partition coefficient (Wildman–Crippen LogP) is 15.9. The predicted molar refractivity (Wildman–Crippen MR) is 556 cm³/mol. The fraction of sp³-hybridized carbons (Fsp3) is 0.185. The Morgan fingerprint density at radius 3 is 1.07 bits per heavy atom. The van der Waals surface area contributed by atoms with Crippen molar-refractivity contribution >= 4 is 116 Å². The van der Waals surface area contributed by atoms with Crippen molar-refractivity contribution in [2.45, 2.75) is 80.3 Å². The summed E-state index contributed by atoms with van der Waals surface area (Å²) < 4.78 is 121. The van der Waals surface area contributed by atoms with Gasteiger partial charge in [0.15, 0.2) is 22.9 Å². The maximum absolute atomic E-state index is 13.8. The molecule has 12 heterocycles. The van der Waals surface area contributed by atoms with Gasteiger partial charge in [0.25, 0.3) is 53.5 Å². The number of Topliss-reactive ketones (excluding diaryl/α,β-unsaturated/α-hetero) is 2. The van der Waals surface area contributed by atoms with E-state index in [1.807, 2.05) is 158 Å². The fourth-order valence-corrected chi connectivity index (χ4v) is 20.2. The molecule has 1 N–H and O–H groups in total. The lowest BCUT2D eigenvalue weighted by Gasteiger charge is -2.32. The number of ketones is 2. The summed E-state index contributed by atoms with van der Waals surface area (Å²) in [7, 11) is 2.92. The summed E-state index contributed by atoms with van der Waals surface area (Å²) in [6.07, 6.45) is 16.6. The normalized spacial score (nSPS) is 12.8. The SMILES string of the molecule is COc1ccccc1-c1c[nH]c2ncc(-c3cc(C(=O)C(=O)N(C)C)ncn3)cc12.COc1ccccc1-c1cn(S(=O)(=O)c2ccc(C)cc2)c2ncc(-c3cc(C(=O)C(=O)N(C)C)ncn3)cc12.COc1ccccc1-c1cn(S(=O)(=O)c2ccc(C)cc2)c2ncc(-c3cc(C(C#N)C(=O)N(C)C)ncn3)cc12.COc1ccccc1-c1cn(S(=O)(=O)c2ccc(C)cc2)c2ncc(B3OC(C)(C)C(C)(C)O3)cc12. The number of rotatable bonds is 24. The van der Waals surface area contributed by atoms with E-state index in [-0.39, 0.29) is 43.1 Å². The molecule has 1 saturated heterocycles. The smallest absolute Gasteiger partial charge is 0.496 e. The van der Waals surface area contributed by atoms with Crippen molar-refractivity contribution in [3.63, 3.8) is 0 Å². The van der Waals surface area contributed by atoms with Crippen LogP contribution in [0.1, 0.15) is 77.0 Å². The molecule has 744 valence electrons. The van der Waals surface area contributed by atoms with Gasteiger partial charge in [-0.2, -0.15) is 5.26 Å². The maximum atomic E-state index is 13.8. The maximum Gasteiger partial charge on any atom is 0.496 e. The molecule has 1 atom stereocenters. The lowest BCUT2D eigenvalue weighted by molar-refractivity contribution is -0.129. The number of benzene rings is 7. The number of aromatic nitrogens is 14. The van der Waals surface area contributed by atoms with Gasteiger partial charge in [0.2, 0.25) is 5.91 Å². The van der Waals surface area contributed by atoms with Gasteiger partial charge in [-0.25, -0.2) is 87.0 Å². The zero-order valence-corrected chi connectivity index (χ0v) is 85.4. The summed E-state index contributed by atoms with van der Waals surface area (Å²) in [6, 6.07) is 63.7. The highest BCUT2D eigenvalue weighted by molar-refractivity contribution is 7.90. The first-order valence-corrected chi connectivity index (χ1v) is 50.0. The van der Waals surface area contributed by atoms with E-state index in [0.717, 1.165) is 48.5 Å². The number of hydrogen-bond acceptors (Lipinski definition) is 28. The van der Waals surface area contributed by atoms with Gasteiger partial charge in [-0.3, -0.25) is 24.0 Å². The van der Waals surface area contributed by atoms with Gasteiger partial charge in [0, 0.05) is 180 Å². The summed E-state index contributed by atoms with van der Waals surface area (Å²) in [5.74, 6) is -1.82. The number of amides is 3. The van der Waals surface area contributed by atoms with E-state index in [4.69, 9.17) is 28.3 Å². The molecule has 147 heavy (non-hydrogen) atoms. The van der Waals surface area contributed by atoms with Gasteiger partial charge in [0.1, 0.15) is 59.0 Å². The van der Waals surface area contributed by atoms with E-state index in [1.54, 1.807) is 170 Å². The van der Waals surface area contributed by atoms with Crippen LogP contribution in [0.5, 0.6) is 23.0 Å². The summed E-state index contributed by atoms with van der Waals surface area (Å²) in [4.78, 5) is 112. The molecule has 0 aliphatic carbocycles. The molecular weight excluding hydrogens is 1930 g/mol. The quantitative estimate of drug-likeness (QED) is 0.0333. The minimum absolute atomic E-state index is 0.0396. The zero-order valence-electron chi connectivity index (χ0n) is 83.0. The third-order valence-corrected chi connectivity index (χ3v) is 29.9. The Morgan fingerprint density at radius 2 is 0.714 bits per heavy atom. The van der Waals surface area contributed by atoms with Crippen molar-refractivity contribution in [2.24, 2.45) is 0 Å². The Balaban J connectivity index is 0.000000141. The second-order valence-corrected chi connectivity index (χ2v) is 41.2. The average Bonchev–Trinajstić information content (AvgIpc) is 1.59. The Hall–Kier alpha value is -17.2. The second kappa shape index (κ2) is 42.0. The number of nitrogens with one attached hydrogen (secondary N) is 1. The van der Waals surface area contributed by atoms with Crippen molar-refractivity contribution in [3.05, 3.63) is 315 Å². The highest BCUT2D eigenvalue weighted by Crippen LogP contribution is 2.45. The van der Waals surface area contributed by atoms with E-state index in [9.17, 15) is 54.5 Å². The Bertz CT molecular complexity index is 8590. The van der Waals surface area contributed by atoms with Crippen LogP contribution in [0.4, 0.5) is 0 Å². The van der Waals surface area contributed by atoms with Crippen LogP contribution in [-0.2, 0) is 53.8 Å². The highest BCUT2D eigenvalue weighted by atomic mass is 32.2. The number of methoxy groups -OCH3 is 4. The topological polar surface area (TPSA) is 436 Å². The van der Waals surface area contributed by atoms with Gasteiger partial charge < -0.3 is 47.9 Å². The van der Waals surface area contributed by atoms with Crippen LogP contribution in [0, 0.1) is 32.1 Å². The standard InChI is InChI=1S/C30H26N6O4S.C29H25N5O5S.C27H29BN2O5S.C22H19N5O3/c1-19-9-11-21(12-10-19)41(38,39)36-17-25(22-7-5-6-8-28(22)40-4)23-13-20(16-32-29(23)36)26-14-27(34-18-33-26)24(15-31)30(37)35(2)3;1-18-9-11-20(12-10-18)40(37,38)34-16-23(21-7-5-6-8-26(21)39-4)22-13-19(15-30-28(22)34)24-14-25(32-17-31-24)27(35)29(36)33(2)3;1-18-11-13-20(14-12-18)36(31,32)30-17-23(21-9-7-8-10-24(21)33-6)22-15-19(16-29-25(22)30)28-34-26(2,3)27(4,5)35-28;1-27(2)22(29)20(28)18-9-17(25-12-26-18)13-8-15-16(11-24-21(15)23-10-13)14-6-4-5-7-19(14)30-3/h5-14,16-18,24H,1-4H3;5-17H,1-4H3;7-17H,1-6H3;4-12H,1-3H3,(H,23,24). The summed E-state index contributed by atoms with van der Waals surface area (Å²) in [6.45, 7) is 13.6. The zero-order chi connectivity index (χ0) is 105. The molecule has 11 aromatic heterocycles. The van der Waals surface area contributed by atoms with Crippen molar-refractivity contribution < 1.29 is 77.5 Å². The number of para-hydroxylation sites is 4. The summed E-state index contributed by atoms with van der Waals surface area (Å²) >= 11 is 0. The largest absolute Gasteiger partial charge is 0.496 e. The molecule has 0 bridgehead atoms. The van der Waals surface area contributed by atoms with Crippen LogP contribution in [0.15, 0.2) is 296 Å². The van der Waals surface area contributed by atoms with Crippen LogP contribution < -0.4 is 24.4 Å². The first-order valence-electron chi connectivity index (χ1n) is 45.7. The number of nitrogens with zero attached hydrogens (tertiary/aromatic N) is 17. The number of hydrogen-bond donors (Lipinski definition) is 1. The van der Waals surface area contributed by atoms with Crippen LogP contribution in [0.3, 0.4) is 0 Å². The number of aromatic amines is 1. The van der Waals surface area contributed by atoms with Crippen LogP contribution in [0.2, 0.25) is 0 Å². The van der Waals surface area contributed by atoms with E-state index in [1.165, 1.54) is 101 Å². The molecule has 35 nitrogen and oxygen atoms in total. The first kappa shape index (κ1) is 103. The van der Waals surface area contributed by atoms with Gasteiger partial charge in [-0.1, -0.05) is 126 Å². The fourth-order valence-electron chi connectivity index (χ4n) is 16.2. The van der Waals surface area contributed by atoms with Crippen molar-refractivity contribution in [2.75, 3.05) is 70.7 Å². The van der Waals surface area contributed by atoms with Gasteiger partial charge >= 0.3 is 7.12 Å². The number of H-pyrrole nitrogens is 1. The number of ether oxygens (including phenoxy) is 4. The number of nitriles is 1. The molecule has 1 unspecified atom stereocenters. The third kappa shape index (κ3) is 20.6. The second-order valence-electron chi connectivity index (χ2n) is 35.8. The molecule has 0 spiro atoms. The summed E-state index contributed by atoms with van der Waals surface area (Å²) in [5.41, 5.74) is 13.1. The average molecular weight is 2030 g/mol. The van der Waals surface area contributed by atoms with E-state index in [0.29, 0.717) is 112 Å². The van der Waals surface area contributed by atoms with E-state index >= 15 is 0 Å². The van der Waals surface area contributed by atoms with Crippen molar-refractivity contribution in [1.82, 2.24) is 81.4 Å². The van der Waals surface area contributed by atoms with Crippen LogP contribution in [-0.4, -0.2) is 225 Å². The Kier molecular flexibility index (Phi) is 29.4. The van der Waals surface area contributed by atoms with Crippen LogP contribution in [0.25, 0.3) is 122 Å². The Labute approximate surface area is 847 Å². The van der Waals surface area contributed by atoms with Gasteiger partial charge in [0.05, 0.1) is 83.2 Å². The highest BCUT2D eigenvalue weighted by Gasteiger charge is 2.52. The molecule has 0 saturated carbocycles. The van der Waals surface area contributed by atoms with E-state index in [2.05, 4.69) is 54.8 Å². The molecule has 3 amide bonds. The van der Waals surface area contributed by atoms with Crippen molar-refractivity contribution in [1.29, 1.82) is 5.26 Å². The molecular formula is C108H99BN18O17S3. The number of likely N-dealkylation sites (N-methyl/N-ethyl adjacent to an activating group) is 3. The minimum atomic E-state index is -4.00. The minimum Gasteiger partial charge on any atom is -0.496 e. The van der Waals surface area contributed by atoms with E-state index < -0.39 is 83.6 Å². The molecule has 1 fully saturated rings. The lowest BCUT2D eigenvalue weighted by atomic mass is 9.79. The molecule has 19 rings (SSSR count). The number of carbonyl (C=O) groups excluding carboxylic acids is 5. The Morgan fingerprint density at radius 1 is 0.388 bits per heavy atom. The number of fused-ring (bicyclic) bond motifs is 4. The molecule has 1 aliphatic rings. The third-order valence-electron chi connectivity index (χ3n) is 24.9. The number of aryl methyl sites for hydroxylation is 3. The van der Waals surface area contributed by atoms with Gasteiger partial charge in [-0.05, 0) is 152 Å². The molecule has 0 radical (unpaired) electrons.